The molecule has 29 heavy (non-hydrogen) atoms. The summed E-state index contributed by atoms with van der Waals surface area (Å²) in [7, 11) is 4.70. The third-order valence-electron chi connectivity index (χ3n) is 4.13. The van der Waals surface area contributed by atoms with Crippen molar-refractivity contribution in [3.63, 3.8) is 0 Å². The van der Waals surface area contributed by atoms with Crippen LogP contribution in [0.15, 0.2) is 40.9 Å². The van der Waals surface area contributed by atoms with Gasteiger partial charge in [-0.1, -0.05) is 27.3 Å². The molecule has 0 bridgehead atoms. The van der Waals surface area contributed by atoms with Gasteiger partial charge in [0, 0.05) is 10.0 Å². The van der Waals surface area contributed by atoms with Gasteiger partial charge in [0.2, 0.25) is 10.7 Å². The van der Waals surface area contributed by atoms with E-state index in [-0.39, 0.29) is 0 Å². The summed E-state index contributed by atoms with van der Waals surface area (Å²) in [6.07, 6.45) is 0. The predicted octanol–water partition coefficient (Wildman–Crippen LogP) is 4.22. The lowest BCUT2D eigenvalue weighted by Gasteiger charge is -2.13. The highest BCUT2D eigenvalue weighted by atomic mass is 79.9. The van der Waals surface area contributed by atoms with Gasteiger partial charge in [0.1, 0.15) is 12.4 Å². The Morgan fingerprint density at radius 1 is 0.966 bits per heavy atom. The molecule has 0 atom stereocenters. The van der Waals surface area contributed by atoms with Gasteiger partial charge in [-0.2, -0.15) is 9.61 Å². The highest BCUT2D eigenvalue weighted by Gasteiger charge is 2.19. The number of ether oxygens (including phenoxy) is 4. The van der Waals surface area contributed by atoms with Gasteiger partial charge in [0.25, 0.3) is 0 Å². The molecular formula is C19H17BrN4O4S. The molecule has 2 aromatic carbocycles. The van der Waals surface area contributed by atoms with Crippen molar-refractivity contribution in [2.45, 2.75) is 6.61 Å². The average Bonchev–Trinajstić information content (AvgIpc) is 3.32. The van der Waals surface area contributed by atoms with E-state index in [4.69, 9.17) is 18.9 Å². The number of aromatic nitrogens is 4. The van der Waals surface area contributed by atoms with E-state index in [1.807, 2.05) is 36.4 Å². The summed E-state index contributed by atoms with van der Waals surface area (Å²) >= 11 is 4.83. The van der Waals surface area contributed by atoms with Crippen molar-refractivity contribution in [2.24, 2.45) is 0 Å². The Morgan fingerprint density at radius 2 is 1.66 bits per heavy atom. The van der Waals surface area contributed by atoms with Crippen LogP contribution in [0.1, 0.15) is 5.01 Å². The number of halogens is 1. The number of methoxy groups -OCH3 is 3. The Kier molecular flexibility index (Phi) is 5.54. The van der Waals surface area contributed by atoms with Gasteiger partial charge < -0.3 is 18.9 Å². The fourth-order valence-electron chi connectivity index (χ4n) is 2.78. The van der Waals surface area contributed by atoms with E-state index in [1.54, 1.807) is 25.8 Å². The van der Waals surface area contributed by atoms with Crippen LogP contribution >= 0.6 is 27.3 Å². The van der Waals surface area contributed by atoms with Gasteiger partial charge >= 0.3 is 0 Å². The topological polar surface area (TPSA) is 80.0 Å². The number of rotatable bonds is 7. The molecule has 150 valence electrons. The zero-order chi connectivity index (χ0) is 20.4. The molecule has 0 spiro atoms. The van der Waals surface area contributed by atoms with Crippen LogP contribution in [-0.2, 0) is 6.61 Å². The van der Waals surface area contributed by atoms with Crippen LogP contribution in [0.2, 0.25) is 0 Å². The molecule has 4 aromatic rings. The molecule has 4 rings (SSSR count). The highest BCUT2D eigenvalue weighted by Crippen LogP contribution is 2.41. The third kappa shape index (κ3) is 3.85. The number of benzene rings is 2. The number of nitrogens with zero attached hydrogens (tertiary/aromatic N) is 4. The summed E-state index contributed by atoms with van der Waals surface area (Å²) in [5.74, 6) is 2.93. The Balaban J connectivity index is 1.64. The summed E-state index contributed by atoms with van der Waals surface area (Å²) in [5.41, 5.74) is 0.748. The normalized spacial score (nSPS) is 10.9. The van der Waals surface area contributed by atoms with Gasteiger partial charge in [-0.05, 0) is 36.4 Å². The smallest absolute Gasteiger partial charge is 0.235 e. The monoisotopic (exact) mass is 476 g/mol. The average molecular weight is 477 g/mol. The second kappa shape index (κ2) is 8.26. The van der Waals surface area contributed by atoms with E-state index in [1.165, 1.54) is 11.3 Å². The van der Waals surface area contributed by atoms with Crippen molar-refractivity contribution in [1.82, 2.24) is 19.8 Å². The Labute approximate surface area is 179 Å². The van der Waals surface area contributed by atoms with E-state index in [9.17, 15) is 0 Å². The van der Waals surface area contributed by atoms with Crippen molar-refractivity contribution in [3.05, 3.63) is 45.9 Å². The molecule has 0 saturated carbocycles. The molecule has 0 aliphatic carbocycles. The Hall–Kier alpha value is -2.85. The van der Waals surface area contributed by atoms with Crippen molar-refractivity contribution < 1.29 is 18.9 Å². The van der Waals surface area contributed by atoms with Gasteiger partial charge in [-0.25, -0.2) is 0 Å². The van der Waals surface area contributed by atoms with E-state index >= 15 is 0 Å². The van der Waals surface area contributed by atoms with Crippen LogP contribution in [0.5, 0.6) is 23.0 Å². The van der Waals surface area contributed by atoms with Crippen LogP contribution < -0.4 is 18.9 Å². The molecule has 0 unspecified atom stereocenters. The molecule has 0 aliphatic heterocycles. The first kappa shape index (κ1) is 19.5. The van der Waals surface area contributed by atoms with Gasteiger partial charge in [0.15, 0.2) is 22.3 Å². The summed E-state index contributed by atoms with van der Waals surface area (Å²) in [4.78, 5) is 0.670. The van der Waals surface area contributed by atoms with Crippen molar-refractivity contribution in [3.8, 4) is 34.4 Å². The maximum absolute atomic E-state index is 5.80. The zero-order valence-corrected chi connectivity index (χ0v) is 18.3. The first-order valence-corrected chi connectivity index (χ1v) is 10.1. The molecule has 0 aliphatic rings. The molecule has 2 aromatic heterocycles. The standard InChI is InChI=1S/C19H17BrN4O4S/c1-25-14-8-11(9-15(26-2)17(14)27-3)18-21-22-19-24(18)23-16(29-19)10-28-13-6-4-12(20)5-7-13/h4-9H,10H2,1-3H3. The van der Waals surface area contributed by atoms with Gasteiger partial charge in [-0.3, -0.25) is 0 Å². The molecular weight excluding hydrogens is 460 g/mol. The lowest BCUT2D eigenvalue weighted by molar-refractivity contribution is 0.304. The quantitative estimate of drug-likeness (QED) is 0.394. The molecule has 8 nitrogen and oxygen atoms in total. The molecule has 0 radical (unpaired) electrons. The van der Waals surface area contributed by atoms with Crippen LogP contribution in [-0.4, -0.2) is 41.1 Å². The lowest BCUT2D eigenvalue weighted by atomic mass is 10.1. The summed E-state index contributed by atoms with van der Waals surface area (Å²) in [6.45, 7) is 0.338. The minimum absolute atomic E-state index is 0.338. The second-order valence-corrected chi connectivity index (χ2v) is 7.83. The number of hydrogen-bond donors (Lipinski definition) is 0. The van der Waals surface area contributed by atoms with E-state index in [0.29, 0.717) is 34.6 Å². The zero-order valence-electron chi connectivity index (χ0n) is 15.9. The second-order valence-electron chi connectivity index (χ2n) is 5.87. The lowest BCUT2D eigenvalue weighted by Crippen LogP contribution is -1.99. The summed E-state index contributed by atoms with van der Waals surface area (Å²) < 4.78 is 24.7. The number of fused-ring (bicyclic) bond motifs is 1. The molecule has 2 heterocycles. The maximum Gasteiger partial charge on any atom is 0.235 e. The van der Waals surface area contributed by atoms with Crippen LogP contribution in [0.4, 0.5) is 0 Å². The minimum atomic E-state index is 0.338. The van der Waals surface area contributed by atoms with Crippen molar-refractivity contribution >= 4 is 32.2 Å². The van der Waals surface area contributed by atoms with Gasteiger partial charge in [0.05, 0.1) is 21.3 Å². The Morgan fingerprint density at radius 3 is 2.28 bits per heavy atom. The summed E-state index contributed by atoms with van der Waals surface area (Å²) in [6, 6.07) is 11.3. The van der Waals surface area contributed by atoms with Gasteiger partial charge in [-0.15, -0.1) is 10.2 Å². The van der Waals surface area contributed by atoms with Crippen LogP contribution in [0, 0.1) is 0 Å². The largest absolute Gasteiger partial charge is 0.493 e. The number of hydrogen-bond acceptors (Lipinski definition) is 8. The fourth-order valence-corrected chi connectivity index (χ4v) is 3.79. The van der Waals surface area contributed by atoms with Crippen LogP contribution in [0.25, 0.3) is 16.3 Å². The molecule has 0 amide bonds. The first-order valence-electron chi connectivity index (χ1n) is 8.52. The third-order valence-corrected chi connectivity index (χ3v) is 5.53. The van der Waals surface area contributed by atoms with Crippen molar-refractivity contribution in [1.29, 1.82) is 0 Å². The molecule has 10 heteroatoms. The Bertz CT molecular complexity index is 1120. The van der Waals surface area contributed by atoms with Crippen LogP contribution in [0.3, 0.4) is 0 Å². The van der Waals surface area contributed by atoms with E-state index in [0.717, 1.165) is 20.8 Å². The fraction of sp³-hybridized carbons (Fsp3) is 0.211. The minimum Gasteiger partial charge on any atom is -0.493 e. The SMILES string of the molecule is COc1cc(-c2nnc3sc(COc4ccc(Br)cc4)nn23)cc(OC)c1OC. The predicted molar refractivity (Wildman–Crippen MR) is 112 cm³/mol. The molecule has 0 saturated heterocycles. The molecule has 0 N–H and O–H groups in total. The van der Waals surface area contributed by atoms with Crippen molar-refractivity contribution in [2.75, 3.05) is 21.3 Å². The summed E-state index contributed by atoms with van der Waals surface area (Å²) in [5, 5.41) is 13.9. The first-order chi connectivity index (χ1) is 14.1. The highest BCUT2D eigenvalue weighted by molar-refractivity contribution is 9.10. The van der Waals surface area contributed by atoms with E-state index < -0.39 is 0 Å². The van der Waals surface area contributed by atoms with E-state index in [2.05, 4.69) is 31.2 Å². The molecule has 0 fully saturated rings. The maximum atomic E-state index is 5.80.